The predicted molar refractivity (Wildman–Crippen MR) is 68.3 cm³/mol. The average molecular weight is 266 g/mol. The number of benzene rings is 1. The van der Waals surface area contributed by atoms with Gasteiger partial charge in [-0.3, -0.25) is 4.98 Å². The normalized spacial score (nSPS) is 12.4. The molecule has 0 amide bonds. The second-order valence-corrected chi connectivity index (χ2v) is 4.10. The van der Waals surface area contributed by atoms with Crippen LogP contribution in [0.25, 0.3) is 10.9 Å². The largest absolute Gasteiger partial charge is 0.464 e. The second kappa shape index (κ2) is 5.33. The first kappa shape index (κ1) is 12.8. The van der Waals surface area contributed by atoms with Crippen LogP contribution in [0.5, 0.6) is 0 Å². The van der Waals surface area contributed by atoms with E-state index in [0.717, 1.165) is 0 Å². The van der Waals surface area contributed by atoms with Gasteiger partial charge >= 0.3 is 5.97 Å². The summed E-state index contributed by atoms with van der Waals surface area (Å²) in [7, 11) is 0. The zero-order valence-corrected chi connectivity index (χ0v) is 10.5. The molecule has 4 nitrogen and oxygen atoms in total. The van der Waals surface area contributed by atoms with Crippen molar-refractivity contribution in [3.8, 4) is 0 Å². The summed E-state index contributed by atoms with van der Waals surface area (Å²) in [5.41, 5.74) is 0.902. The average Bonchev–Trinajstić information content (AvgIpc) is 2.39. The smallest absolute Gasteiger partial charge is 0.339 e. The number of pyridine rings is 1. The maximum absolute atomic E-state index is 11.5. The fourth-order valence-corrected chi connectivity index (χ4v) is 1.94. The third-order valence-corrected chi connectivity index (χ3v) is 2.88. The molecule has 0 saturated heterocycles. The highest BCUT2D eigenvalue weighted by Gasteiger charge is 2.22. The summed E-state index contributed by atoms with van der Waals surface area (Å²) in [6, 6.07) is 6.74. The van der Waals surface area contributed by atoms with Crippen LogP contribution in [0.4, 0.5) is 0 Å². The summed E-state index contributed by atoms with van der Waals surface area (Å²) in [5.74, 6) is -0.688. The molecule has 0 bridgehead atoms. The van der Waals surface area contributed by atoms with Crippen molar-refractivity contribution in [2.45, 2.75) is 13.0 Å². The Morgan fingerprint density at radius 3 is 3.00 bits per heavy atom. The Bertz CT molecular complexity index is 585. The summed E-state index contributed by atoms with van der Waals surface area (Å²) < 4.78 is 4.79. The van der Waals surface area contributed by atoms with E-state index in [1.54, 1.807) is 37.4 Å². The Morgan fingerprint density at radius 2 is 2.28 bits per heavy atom. The van der Waals surface area contributed by atoms with Crippen LogP contribution in [0.3, 0.4) is 0 Å². The Kier molecular flexibility index (Phi) is 3.79. The number of ether oxygens (including phenoxy) is 1. The van der Waals surface area contributed by atoms with Gasteiger partial charge in [-0.1, -0.05) is 17.7 Å². The van der Waals surface area contributed by atoms with E-state index < -0.39 is 12.1 Å². The maximum atomic E-state index is 11.5. The van der Waals surface area contributed by atoms with Gasteiger partial charge in [0.15, 0.2) is 6.10 Å². The van der Waals surface area contributed by atoms with Crippen LogP contribution in [0, 0.1) is 0 Å². The van der Waals surface area contributed by atoms with Gasteiger partial charge in [-0.2, -0.15) is 0 Å². The number of rotatable bonds is 3. The van der Waals surface area contributed by atoms with Gasteiger partial charge in [-0.25, -0.2) is 4.79 Å². The van der Waals surface area contributed by atoms with Crippen molar-refractivity contribution in [3.05, 3.63) is 41.0 Å². The quantitative estimate of drug-likeness (QED) is 0.866. The van der Waals surface area contributed by atoms with Gasteiger partial charge in [0, 0.05) is 22.2 Å². The molecule has 0 aliphatic rings. The summed E-state index contributed by atoms with van der Waals surface area (Å²) in [6.45, 7) is 1.90. The first-order valence-electron chi connectivity index (χ1n) is 5.53. The zero-order valence-electron chi connectivity index (χ0n) is 9.76. The van der Waals surface area contributed by atoms with E-state index >= 15 is 0 Å². The number of halogens is 1. The topological polar surface area (TPSA) is 59.4 Å². The van der Waals surface area contributed by atoms with E-state index in [-0.39, 0.29) is 6.61 Å². The first-order chi connectivity index (χ1) is 8.65. The number of nitrogens with zero attached hydrogens (tertiary/aromatic N) is 1. The van der Waals surface area contributed by atoms with Gasteiger partial charge < -0.3 is 9.84 Å². The van der Waals surface area contributed by atoms with E-state index in [1.807, 2.05) is 0 Å². The number of fused-ring (bicyclic) bond motifs is 1. The summed E-state index contributed by atoms with van der Waals surface area (Å²) in [4.78, 5) is 15.7. The van der Waals surface area contributed by atoms with Crippen LogP contribution < -0.4 is 0 Å². The molecule has 0 spiro atoms. The van der Waals surface area contributed by atoms with Crippen LogP contribution in [0.2, 0.25) is 5.02 Å². The first-order valence-corrected chi connectivity index (χ1v) is 5.90. The van der Waals surface area contributed by atoms with Crippen LogP contribution >= 0.6 is 11.6 Å². The Hall–Kier alpha value is -1.65. The molecule has 0 fully saturated rings. The Labute approximate surface area is 109 Å². The number of hydrogen-bond acceptors (Lipinski definition) is 4. The summed E-state index contributed by atoms with van der Waals surface area (Å²) in [5, 5.41) is 11.2. The number of aliphatic hydroxyl groups excluding tert-OH is 1. The molecule has 0 radical (unpaired) electrons. The van der Waals surface area contributed by atoms with E-state index in [1.165, 1.54) is 0 Å². The van der Waals surface area contributed by atoms with E-state index in [2.05, 4.69) is 4.98 Å². The van der Waals surface area contributed by atoms with Crippen molar-refractivity contribution < 1.29 is 14.6 Å². The molecule has 0 aliphatic carbocycles. The third kappa shape index (κ3) is 2.30. The number of aromatic nitrogens is 1. The summed E-state index contributed by atoms with van der Waals surface area (Å²) >= 11 is 6.04. The van der Waals surface area contributed by atoms with Crippen LogP contribution in [0.1, 0.15) is 18.6 Å². The van der Waals surface area contributed by atoms with Crippen molar-refractivity contribution in [3.63, 3.8) is 0 Å². The van der Waals surface area contributed by atoms with Gasteiger partial charge in [0.25, 0.3) is 0 Å². The molecule has 1 heterocycles. The molecule has 0 saturated carbocycles. The van der Waals surface area contributed by atoms with Crippen molar-refractivity contribution in [2.24, 2.45) is 0 Å². The fraction of sp³-hybridized carbons (Fsp3) is 0.231. The van der Waals surface area contributed by atoms with Crippen molar-refractivity contribution in [1.29, 1.82) is 0 Å². The number of esters is 1. The minimum Gasteiger partial charge on any atom is -0.464 e. The SMILES string of the molecule is CCOC(=O)C(O)c1ccc(Cl)c2cccnc12. The van der Waals surface area contributed by atoms with Crippen LogP contribution in [0.15, 0.2) is 30.5 Å². The van der Waals surface area contributed by atoms with Crippen LogP contribution in [-0.4, -0.2) is 22.7 Å². The van der Waals surface area contributed by atoms with Crippen LogP contribution in [-0.2, 0) is 9.53 Å². The zero-order chi connectivity index (χ0) is 13.1. The molecule has 1 aromatic heterocycles. The van der Waals surface area contributed by atoms with Crippen molar-refractivity contribution >= 4 is 28.5 Å². The third-order valence-electron chi connectivity index (χ3n) is 2.55. The minimum atomic E-state index is -1.35. The lowest BCUT2D eigenvalue weighted by atomic mass is 10.0. The molecular weight excluding hydrogens is 254 g/mol. The lowest BCUT2D eigenvalue weighted by Crippen LogP contribution is -2.16. The van der Waals surface area contributed by atoms with E-state index in [9.17, 15) is 9.90 Å². The predicted octanol–water partition coefficient (Wildman–Crippen LogP) is 2.48. The molecule has 18 heavy (non-hydrogen) atoms. The van der Waals surface area contributed by atoms with Gasteiger partial charge in [0.1, 0.15) is 0 Å². The second-order valence-electron chi connectivity index (χ2n) is 3.69. The molecule has 0 aliphatic heterocycles. The van der Waals surface area contributed by atoms with Gasteiger partial charge in [-0.05, 0) is 25.1 Å². The van der Waals surface area contributed by atoms with Gasteiger partial charge in [0.2, 0.25) is 0 Å². The number of carbonyl (C=O) groups excluding carboxylic acids is 1. The molecular formula is C13H12ClNO3. The standard InChI is InChI=1S/C13H12ClNO3/c1-2-18-13(17)12(16)9-5-6-10(14)8-4-3-7-15-11(8)9/h3-7,12,16H,2H2,1H3. The van der Waals surface area contributed by atoms with Gasteiger partial charge in [0.05, 0.1) is 12.1 Å². The molecule has 2 aromatic rings. The lowest BCUT2D eigenvalue weighted by molar-refractivity contribution is -0.153. The minimum absolute atomic E-state index is 0.217. The Morgan fingerprint density at radius 1 is 1.50 bits per heavy atom. The molecule has 2 rings (SSSR count). The molecule has 5 heteroatoms. The van der Waals surface area contributed by atoms with Crippen molar-refractivity contribution in [2.75, 3.05) is 6.61 Å². The number of aliphatic hydroxyl groups is 1. The van der Waals surface area contributed by atoms with Crippen molar-refractivity contribution in [1.82, 2.24) is 4.98 Å². The highest BCUT2D eigenvalue weighted by molar-refractivity contribution is 6.35. The number of carbonyl (C=O) groups is 1. The molecule has 1 atom stereocenters. The summed E-state index contributed by atoms with van der Waals surface area (Å²) in [6.07, 6.45) is 0.236. The highest BCUT2D eigenvalue weighted by atomic mass is 35.5. The van der Waals surface area contributed by atoms with E-state index in [4.69, 9.17) is 16.3 Å². The Balaban J connectivity index is 2.51. The maximum Gasteiger partial charge on any atom is 0.339 e. The highest BCUT2D eigenvalue weighted by Crippen LogP contribution is 2.28. The van der Waals surface area contributed by atoms with E-state index in [0.29, 0.717) is 21.5 Å². The molecule has 1 aromatic carbocycles. The lowest BCUT2D eigenvalue weighted by Gasteiger charge is -2.12. The molecule has 94 valence electrons. The monoisotopic (exact) mass is 265 g/mol. The molecule has 1 N–H and O–H groups in total. The number of hydrogen-bond donors (Lipinski definition) is 1. The fourth-order valence-electron chi connectivity index (χ4n) is 1.73. The molecule has 1 unspecified atom stereocenters. The van der Waals surface area contributed by atoms with Gasteiger partial charge in [-0.15, -0.1) is 0 Å².